The topological polar surface area (TPSA) is 58.4 Å². The fraction of sp³-hybridized carbons (Fsp3) is 0.562. The molecule has 1 amide bonds. The zero-order chi connectivity index (χ0) is 14.7. The predicted molar refractivity (Wildman–Crippen MR) is 87.1 cm³/mol. The smallest absolute Gasteiger partial charge is 0.239 e. The van der Waals surface area contributed by atoms with E-state index < -0.39 is 6.04 Å². The van der Waals surface area contributed by atoms with Crippen LogP contribution in [-0.2, 0) is 11.2 Å². The summed E-state index contributed by atoms with van der Waals surface area (Å²) in [5.74, 6) is 1.23. The van der Waals surface area contributed by atoms with Crippen LogP contribution < -0.4 is 11.1 Å². The van der Waals surface area contributed by atoms with Gasteiger partial charge in [-0.3, -0.25) is 4.79 Å². The van der Waals surface area contributed by atoms with E-state index in [4.69, 9.17) is 5.73 Å². The van der Waals surface area contributed by atoms with Crippen LogP contribution in [-0.4, -0.2) is 47.1 Å². The lowest BCUT2D eigenvalue weighted by Gasteiger charge is -2.40. The standard InChI is InChI=1S/C16H23N3OS/c17-14(11-13-5-2-1-3-6-13)15(20)19-9-4-7-16(12-19)18-8-10-21-16/h1-3,5-6,14,18H,4,7-12,17H2/t14-,16?/m0/s1. The third-order valence-electron chi connectivity index (χ3n) is 4.31. The Kier molecular flexibility index (Phi) is 4.52. The van der Waals surface area contributed by atoms with Crippen LogP contribution in [0.15, 0.2) is 30.3 Å². The van der Waals surface area contributed by atoms with Crippen molar-refractivity contribution < 1.29 is 4.79 Å². The molecule has 2 aliphatic heterocycles. The molecule has 2 fully saturated rings. The maximum absolute atomic E-state index is 12.6. The number of likely N-dealkylation sites (tertiary alicyclic amines) is 1. The molecule has 3 rings (SSSR count). The van der Waals surface area contributed by atoms with Gasteiger partial charge in [0.15, 0.2) is 0 Å². The van der Waals surface area contributed by atoms with Crippen LogP contribution in [0.2, 0.25) is 0 Å². The zero-order valence-electron chi connectivity index (χ0n) is 12.3. The van der Waals surface area contributed by atoms with Gasteiger partial charge < -0.3 is 16.0 Å². The number of piperidine rings is 1. The molecule has 21 heavy (non-hydrogen) atoms. The number of hydrogen-bond acceptors (Lipinski definition) is 4. The summed E-state index contributed by atoms with van der Waals surface area (Å²) in [6.45, 7) is 2.67. The van der Waals surface area contributed by atoms with Crippen LogP contribution in [0.5, 0.6) is 0 Å². The van der Waals surface area contributed by atoms with Crippen LogP contribution >= 0.6 is 11.8 Å². The largest absolute Gasteiger partial charge is 0.339 e. The number of nitrogens with zero attached hydrogens (tertiary/aromatic N) is 1. The van der Waals surface area contributed by atoms with Crippen molar-refractivity contribution in [3.8, 4) is 0 Å². The summed E-state index contributed by atoms with van der Waals surface area (Å²) in [5.41, 5.74) is 7.27. The van der Waals surface area contributed by atoms with Gasteiger partial charge in [-0.1, -0.05) is 30.3 Å². The molecule has 0 aliphatic carbocycles. The lowest BCUT2D eigenvalue weighted by molar-refractivity contribution is -0.134. The van der Waals surface area contributed by atoms with Crippen molar-refractivity contribution in [2.45, 2.75) is 30.2 Å². The molecule has 2 heterocycles. The van der Waals surface area contributed by atoms with Crippen molar-refractivity contribution >= 4 is 17.7 Å². The molecule has 1 aromatic carbocycles. The van der Waals surface area contributed by atoms with Crippen LogP contribution in [0.3, 0.4) is 0 Å². The third-order valence-corrected chi connectivity index (χ3v) is 5.75. The number of nitrogens with two attached hydrogens (primary N) is 1. The average molecular weight is 305 g/mol. The summed E-state index contributed by atoms with van der Waals surface area (Å²) in [6.07, 6.45) is 2.82. The molecule has 0 aromatic heterocycles. The number of thioether (sulfide) groups is 1. The van der Waals surface area contributed by atoms with Gasteiger partial charge in [0.2, 0.25) is 5.91 Å². The second kappa shape index (κ2) is 6.38. The first kappa shape index (κ1) is 14.9. The second-order valence-corrected chi connectivity index (χ2v) is 7.41. The Labute approximate surface area is 130 Å². The van der Waals surface area contributed by atoms with Gasteiger partial charge in [0.1, 0.15) is 0 Å². The van der Waals surface area contributed by atoms with Crippen LogP contribution in [0.25, 0.3) is 0 Å². The molecule has 0 bridgehead atoms. The lowest BCUT2D eigenvalue weighted by atomic mass is 10.0. The van der Waals surface area contributed by atoms with E-state index in [9.17, 15) is 4.79 Å². The minimum absolute atomic E-state index is 0.0837. The van der Waals surface area contributed by atoms with E-state index in [1.54, 1.807) is 0 Å². The minimum atomic E-state index is -0.436. The first-order chi connectivity index (χ1) is 10.2. The van der Waals surface area contributed by atoms with Crippen LogP contribution in [0.4, 0.5) is 0 Å². The number of hydrogen-bond donors (Lipinski definition) is 2. The Morgan fingerprint density at radius 1 is 1.43 bits per heavy atom. The van der Waals surface area contributed by atoms with E-state index in [1.165, 1.54) is 0 Å². The molecule has 1 spiro atoms. The van der Waals surface area contributed by atoms with Gasteiger partial charge in [-0.15, -0.1) is 11.8 Å². The summed E-state index contributed by atoms with van der Waals surface area (Å²) < 4.78 is 0. The minimum Gasteiger partial charge on any atom is -0.339 e. The molecular formula is C16H23N3OS. The Morgan fingerprint density at radius 3 is 2.95 bits per heavy atom. The number of carbonyl (C=O) groups is 1. The van der Waals surface area contributed by atoms with Crippen molar-refractivity contribution in [1.29, 1.82) is 0 Å². The molecule has 114 valence electrons. The highest BCUT2D eigenvalue weighted by molar-refractivity contribution is 8.00. The number of amides is 1. The summed E-state index contributed by atoms with van der Waals surface area (Å²) in [4.78, 5) is 14.7. The maximum atomic E-state index is 12.6. The first-order valence-electron chi connectivity index (χ1n) is 7.66. The third kappa shape index (κ3) is 3.42. The number of benzene rings is 1. The second-order valence-electron chi connectivity index (χ2n) is 5.93. The van der Waals surface area contributed by atoms with Gasteiger partial charge in [-0.25, -0.2) is 0 Å². The fourth-order valence-electron chi connectivity index (χ4n) is 3.24. The Balaban J connectivity index is 1.61. The Morgan fingerprint density at radius 2 is 2.24 bits per heavy atom. The summed E-state index contributed by atoms with van der Waals surface area (Å²) >= 11 is 1.96. The van der Waals surface area contributed by atoms with E-state index in [1.807, 2.05) is 47.0 Å². The van der Waals surface area contributed by atoms with Crippen molar-refractivity contribution in [2.75, 3.05) is 25.4 Å². The van der Waals surface area contributed by atoms with E-state index in [2.05, 4.69) is 5.32 Å². The molecular weight excluding hydrogens is 282 g/mol. The molecule has 0 radical (unpaired) electrons. The predicted octanol–water partition coefficient (Wildman–Crippen LogP) is 1.21. The van der Waals surface area contributed by atoms with Gasteiger partial charge >= 0.3 is 0 Å². The molecule has 2 saturated heterocycles. The average Bonchev–Trinajstić information content (AvgIpc) is 2.95. The Bertz CT molecular complexity index is 488. The van der Waals surface area contributed by atoms with E-state index in [0.717, 1.165) is 43.8 Å². The van der Waals surface area contributed by atoms with Crippen LogP contribution in [0, 0.1) is 0 Å². The van der Waals surface area contributed by atoms with E-state index >= 15 is 0 Å². The first-order valence-corrected chi connectivity index (χ1v) is 8.64. The molecule has 4 nitrogen and oxygen atoms in total. The summed E-state index contributed by atoms with van der Waals surface area (Å²) in [7, 11) is 0. The van der Waals surface area contributed by atoms with Gasteiger partial charge in [-0.05, 0) is 24.8 Å². The molecule has 3 N–H and O–H groups in total. The lowest BCUT2D eigenvalue weighted by Crippen LogP contribution is -2.57. The SMILES string of the molecule is N[C@@H](Cc1ccccc1)C(=O)N1CCCC2(C1)NCCS2. The molecule has 2 atom stereocenters. The van der Waals surface area contributed by atoms with Crippen LogP contribution in [0.1, 0.15) is 18.4 Å². The normalized spacial score (nSPS) is 27.0. The summed E-state index contributed by atoms with van der Waals surface area (Å²) in [5, 5.41) is 3.57. The summed E-state index contributed by atoms with van der Waals surface area (Å²) in [6, 6.07) is 9.57. The number of nitrogens with one attached hydrogen (secondary N) is 1. The quantitative estimate of drug-likeness (QED) is 0.881. The molecule has 2 aliphatic rings. The fourth-order valence-corrected chi connectivity index (χ4v) is 4.57. The molecule has 1 aromatic rings. The van der Waals surface area contributed by atoms with Crippen molar-refractivity contribution in [2.24, 2.45) is 5.73 Å². The van der Waals surface area contributed by atoms with Gasteiger partial charge in [0, 0.05) is 25.4 Å². The Hall–Kier alpha value is -1.04. The van der Waals surface area contributed by atoms with Gasteiger partial charge in [-0.2, -0.15) is 0 Å². The van der Waals surface area contributed by atoms with E-state index in [0.29, 0.717) is 6.42 Å². The van der Waals surface area contributed by atoms with Crippen molar-refractivity contribution in [3.63, 3.8) is 0 Å². The number of rotatable bonds is 3. The highest BCUT2D eigenvalue weighted by atomic mass is 32.2. The van der Waals surface area contributed by atoms with Crippen molar-refractivity contribution in [3.05, 3.63) is 35.9 Å². The monoisotopic (exact) mass is 305 g/mol. The van der Waals surface area contributed by atoms with E-state index in [-0.39, 0.29) is 10.8 Å². The molecule has 5 heteroatoms. The maximum Gasteiger partial charge on any atom is 0.239 e. The van der Waals surface area contributed by atoms with Crippen molar-refractivity contribution in [1.82, 2.24) is 10.2 Å². The highest BCUT2D eigenvalue weighted by Gasteiger charge is 2.40. The zero-order valence-corrected chi connectivity index (χ0v) is 13.1. The molecule has 1 unspecified atom stereocenters. The number of carbonyl (C=O) groups excluding carboxylic acids is 1. The van der Waals surface area contributed by atoms with Gasteiger partial charge in [0.25, 0.3) is 0 Å². The van der Waals surface area contributed by atoms with Gasteiger partial charge in [0.05, 0.1) is 10.9 Å². The molecule has 0 saturated carbocycles. The highest BCUT2D eigenvalue weighted by Crippen LogP contribution is 2.35.